The Kier molecular flexibility index (Phi) is 6.78. The van der Waals surface area contributed by atoms with Crippen molar-refractivity contribution in [1.82, 2.24) is 24.2 Å². The van der Waals surface area contributed by atoms with E-state index < -0.39 is 13.7 Å². The summed E-state index contributed by atoms with van der Waals surface area (Å²) in [7, 11) is 2.06. The molecular weight excluding hydrogens is 714 g/mol. The second kappa shape index (κ2) is 11.5. The molecule has 1 aliphatic rings. The fraction of sp³-hybridized carbons (Fsp3) is 0.206. The molecule has 220 valence electrons. The second-order valence-corrected chi connectivity index (χ2v) is 12.5. The molecule has 0 aliphatic carbocycles. The van der Waals surface area contributed by atoms with E-state index in [4.69, 9.17) is 8.85 Å². The number of ether oxygens (including phenoxy) is 1. The molecule has 9 heteroatoms. The summed E-state index contributed by atoms with van der Waals surface area (Å²) in [6.45, 7) is 4.90. The molecule has 0 saturated heterocycles. The first-order valence-corrected chi connectivity index (χ1v) is 15.1. The minimum atomic E-state index is -2.39. The molecule has 0 bridgehead atoms. The van der Waals surface area contributed by atoms with Crippen LogP contribution in [-0.2, 0) is 31.8 Å². The number of rotatable bonds is 3. The second-order valence-electron chi connectivity index (χ2n) is 11.4. The van der Waals surface area contributed by atoms with Crippen LogP contribution in [0.4, 0.5) is 11.5 Å². The summed E-state index contributed by atoms with van der Waals surface area (Å²) in [5, 5.41) is 4.36. The number of nitrogens with one attached hydrogen (secondary N) is 1. The van der Waals surface area contributed by atoms with Crippen LogP contribution in [0.5, 0.6) is 11.5 Å². The third kappa shape index (κ3) is 5.76. The number of para-hydroxylation sites is 2. The van der Waals surface area contributed by atoms with E-state index >= 15 is 0 Å². The van der Waals surface area contributed by atoms with Gasteiger partial charge < -0.3 is 9.55 Å². The summed E-state index contributed by atoms with van der Waals surface area (Å²) in [5.41, 5.74) is 6.57. The van der Waals surface area contributed by atoms with Gasteiger partial charge >= 0.3 is 82.0 Å². The van der Waals surface area contributed by atoms with Crippen molar-refractivity contribution in [2.24, 2.45) is 7.05 Å². The van der Waals surface area contributed by atoms with Crippen LogP contribution >= 0.6 is 0 Å². The van der Waals surface area contributed by atoms with Gasteiger partial charge in [0.05, 0.1) is 0 Å². The first-order valence-electron chi connectivity index (χ1n) is 15.4. The monoisotopic (exact) mass is 750 g/mol. The third-order valence-corrected chi connectivity index (χ3v) is 8.39. The van der Waals surface area contributed by atoms with E-state index in [1.807, 2.05) is 67.6 Å². The standard InChI is InChI=1S/C26H25BN4O.C8H8N2.Pt/c1-18-11-13-28-25(15-18)30-24-17-21(32-20-8-6-7-19(16-20)26(2,3)4)9-10-22(24)23-12-14-29-31(23)27(30)5;1-10-6-9-7-4-2-3-5-8(7)10;/h6-7,9-16H,1-5H3;2-5,9H,1H3;/q-2;;/i5D3;;. The molecule has 3 aromatic carbocycles. The number of H-pyrrole nitrogens is 1. The van der Waals surface area contributed by atoms with Crippen LogP contribution in [0.1, 0.15) is 36.0 Å². The van der Waals surface area contributed by atoms with Crippen LogP contribution in [0.3, 0.4) is 0 Å². The van der Waals surface area contributed by atoms with Crippen molar-refractivity contribution >= 4 is 29.5 Å². The Hall–Kier alpha value is -4.16. The van der Waals surface area contributed by atoms with Gasteiger partial charge in [0.15, 0.2) is 0 Å². The van der Waals surface area contributed by atoms with Crippen LogP contribution in [0.15, 0.2) is 85.2 Å². The Morgan fingerprint density at radius 1 is 1.02 bits per heavy atom. The molecule has 6 aromatic rings. The number of anilines is 2. The third-order valence-electron chi connectivity index (χ3n) is 7.34. The number of aromatic amines is 1. The molecule has 0 fully saturated rings. The van der Waals surface area contributed by atoms with Crippen molar-refractivity contribution in [3.8, 4) is 22.8 Å². The summed E-state index contributed by atoms with van der Waals surface area (Å²) in [6.07, 6.45) is 3.29. The quantitative estimate of drug-likeness (QED) is 0.149. The first kappa shape index (κ1) is 25.4. The largest absolute Gasteiger partial charge is 0.509 e. The van der Waals surface area contributed by atoms with E-state index in [0.29, 0.717) is 28.7 Å². The zero-order valence-corrected chi connectivity index (χ0v) is 26.9. The fourth-order valence-electron chi connectivity index (χ4n) is 5.01. The van der Waals surface area contributed by atoms with E-state index in [9.17, 15) is 0 Å². The normalized spacial score (nSPS) is 13.8. The van der Waals surface area contributed by atoms with Crippen LogP contribution < -0.4 is 9.55 Å². The molecule has 43 heavy (non-hydrogen) atoms. The van der Waals surface area contributed by atoms with Crippen molar-refractivity contribution < 1.29 is 28.2 Å². The summed E-state index contributed by atoms with van der Waals surface area (Å²) in [5.74, 6) is 1.53. The average molecular weight is 751 g/mol. The Morgan fingerprint density at radius 3 is 2.63 bits per heavy atom. The predicted molar refractivity (Wildman–Crippen MR) is 169 cm³/mol. The van der Waals surface area contributed by atoms with Crippen molar-refractivity contribution in [3.63, 3.8) is 0 Å². The molecule has 0 unspecified atom stereocenters. The fourth-order valence-corrected chi connectivity index (χ4v) is 5.59. The predicted octanol–water partition coefficient (Wildman–Crippen LogP) is 7.65. The molecule has 0 atom stereocenters. The molecule has 0 amide bonds. The number of nitrogens with zero attached hydrogens (tertiary/aromatic N) is 5. The van der Waals surface area contributed by atoms with Gasteiger partial charge in [0, 0.05) is 33.7 Å². The number of hydrogen-bond donors (Lipinski definition) is 1. The number of imidazole rings is 1. The molecule has 1 aliphatic heterocycles. The minimum Gasteiger partial charge on any atom is -0.509 e. The van der Waals surface area contributed by atoms with Gasteiger partial charge in [-0.2, -0.15) is 23.3 Å². The topological polar surface area (TPSA) is 63.9 Å². The minimum absolute atomic E-state index is 0.0360. The van der Waals surface area contributed by atoms with Gasteiger partial charge in [0.2, 0.25) is 0 Å². The Labute approximate surface area is 267 Å². The van der Waals surface area contributed by atoms with Gasteiger partial charge in [0.25, 0.3) is 0 Å². The Balaban J connectivity index is 0.000000283. The van der Waals surface area contributed by atoms with Crippen LogP contribution in [0.25, 0.3) is 22.3 Å². The molecule has 0 radical (unpaired) electrons. The maximum absolute atomic E-state index is 8.34. The maximum Gasteiger partial charge on any atom is 0.398 e. The molecule has 1 N–H and O–H groups in total. The molecule has 0 spiro atoms. The van der Waals surface area contributed by atoms with Gasteiger partial charge in [-0.3, -0.25) is 4.59 Å². The summed E-state index contributed by atoms with van der Waals surface area (Å²) in [6, 6.07) is 29.8. The number of aryl methyl sites for hydroxylation is 2. The molecule has 3 aromatic heterocycles. The number of benzene rings is 3. The van der Waals surface area contributed by atoms with Gasteiger partial charge in [-0.15, -0.1) is 29.8 Å². The number of fused-ring (bicyclic) bond motifs is 4. The molecular formula is C34H33BN6OPt-2. The van der Waals surface area contributed by atoms with Gasteiger partial charge in [0.1, 0.15) is 5.82 Å². The number of pyridine rings is 1. The Morgan fingerprint density at radius 2 is 1.86 bits per heavy atom. The molecule has 7 rings (SSSR count). The zero-order chi connectivity index (χ0) is 32.8. The summed E-state index contributed by atoms with van der Waals surface area (Å²) < 4.78 is 36.0. The average Bonchev–Trinajstić information content (AvgIpc) is 3.60. The summed E-state index contributed by atoms with van der Waals surface area (Å²) >= 11 is 2.27. The van der Waals surface area contributed by atoms with Crippen molar-refractivity contribution in [3.05, 3.63) is 112 Å². The molecule has 4 heterocycles. The zero-order valence-electron chi connectivity index (χ0n) is 27.6. The first-order chi connectivity index (χ1) is 21.8. The van der Waals surface area contributed by atoms with E-state index in [2.05, 4.69) is 91.1 Å². The number of aromatic nitrogens is 5. The van der Waals surface area contributed by atoms with Crippen LogP contribution in [0, 0.1) is 22.9 Å². The van der Waals surface area contributed by atoms with Gasteiger partial charge in [-0.05, 0) is 42.9 Å². The smallest absolute Gasteiger partial charge is 0.398 e. The van der Waals surface area contributed by atoms with Crippen molar-refractivity contribution in [1.29, 1.82) is 0 Å². The van der Waals surface area contributed by atoms with E-state index in [-0.39, 0.29) is 5.41 Å². The van der Waals surface area contributed by atoms with E-state index in [1.54, 1.807) is 17.2 Å². The summed E-state index contributed by atoms with van der Waals surface area (Å²) in [4.78, 5) is 9.46. The Bertz CT molecular complexity index is 2100. The van der Waals surface area contributed by atoms with E-state index in [1.165, 1.54) is 15.6 Å². The number of hydrogen-bond acceptors (Lipinski definition) is 4. The van der Waals surface area contributed by atoms with Crippen LogP contribution in [0.2, 0.25) is 6.75 Å². The van der Waals surface area contributed by atoms with Gasteiger partial charge in [-0.1, -0.05) is 32.0 Å². The SMILES string of the molecule is Cn1[c](=[Pt])[nH]c2ccccc21.[2H]C([2H])([2H])B1N(c2cc(C)ccn2)c2[c-]c(Oc3[c-]ccc(C(C)(C)C)c3)ccc2-c2ccnn21. The maximum atomic E-state index is 8.34. The molecule has 0 saturated carbocycles. The van der Waals surface area contributed by atoms with Crippen molar-refractivity contribution in [2.75, 3.05) is 4.81 Å². The van der Waals surface area contributed by atoms with E-state index in [0.717, 1.165) is 20.5 Å². The molecule has 7 nitrogen and oxygen atoms in total. The van der Waals surface area contributed by atoms with Crippen molar-refractivity contribution in [2.45, 2.75) is 39.9 Å². The van der Waals surface area contributed by atoms with Crippen LogP contribution in [-0.4, -0.2) is 31.2 Å². The van der Waals surface area contributed by atoms with Gasteiger partial charge in [-0.25, -0.2) is 4.98 Å².